The van der Waals surface area contributed by atoms with Gasteiger partial charge in [-0.2, -0.15) is 0 Å². The molecular formula is C9H8ClN3O. The van der Waals surface area contributed by atoms with E-state index in [0.717, 1.165) is 11.3 Å². The summed E-state index contributed by atoms with van der Waals surface area (Å²) in [5, 5.41) is 17.3. The molecular weight excluding hydrogens is 202 g/mol. The lowest BCUT2D eigenvalue weighted by molar-refractivity contribution is 0.476. The molecule has 4 nitrogen and oxygen atoms in total. The van der Waals surface area contributed by atoms with Gasteiger partial charge >= 0.3 is 0 Å². The molecule has 1 heterocycles. The molecule has 1 N–H and O–H groups in total. The summed E-state index contributed by atoms with van der Waals surface area (Å²) in [7, 11) is 1.79. The highest BCUT2D eigenvalue weighted by Crippen LogP contribution is 2.28. The Labute approximate surface area is 85.7 Å². The normalized spacial score (nSPS) is 10.4. The molecule has 1 aromatic heterocycles. The third kappa shape index (κ3) is 1.44. The minimum atomic E-state index is 0.0605. The van der Waals surface area contributed by atoms with Gasteiger partial charge in [0.15, 0.2) is 0 Å². The number of benzene rings is 1. The lowest BCUT2D eigenvalue weighted by atomic mass is 10.1. The van der Waals surface area contributed by atoms with E-state index in [1.807, 2.05) is 0 Å². The van der Waals surface area contributed by atoms with Crippen molar-refractivity contribution in [3.8, 4) is 17.0 Å². The molecule has 5 heteroatoms. The quantitative estimate of drug-likeness (QED) is 0.780. The van der Waals surface area contributed by atoms with Crippen LogP contribution in [0.15, 0.2) is 24.4 Å². The smallest absolute Gasteiger partial charge is 0.134 e. The maximum atomic E-state index is 9.41. The summed E-state index contributed by atoms with van der Waals surface area (Å²) in [6.45, 7) is 0. The van der Waals surface area contributed by atoms with Gasteiger partial charge in [0.2, 0.25) is 0 Å². The van der Waals surface area contributed by atoms with Gasteiger partial charge in [0.05, 0.1) is 16.9 Å². The topological polar surface area (TPSA) is 50.9 Å². The number of aromatic hydroxyl groups is 1. The summed E-state index contributed by atoms with van der Waals surface area (Å²) < 4.78 is 1.63. The average Bonchev–Trinajstić information content (AvgIpc) is 2.57. The number of phenolic OH excluding ortho intramolecular Hbond substituents is 1. The summed E-state index contributed by atoms with van der Waals surface area (Å²) in [4.78, 5) is 0. The Hall–Kier alpha value is -1.55. The van der Waals surface area contributed by atoms with E-state index in [4.69, 9.17) is 11.6 Å². The number of nitrogens with zero attached hydrogens (tertiary/aromatic N) is 3. The molecule has 0 radical (unpaired) electrons. The minimum absolute atomic E-state index is 0.0605. The lowest BCUT2D eigenvalue weighted by Gasteiger charge is -2.02. The fraction of sp³-hybridized carbons (Fsp3) is 0.111. The molecule has 0 saturated carbocycles. The van der Waals surface area contributed by atoms with Gasteiger partial charge in [-0.05, 0) is 12.1 Å². The Morgan fingerprint density at radius 3 is 2.79 bits per heavy atom. The van der Waals surface area contributed by atoms with Crippen LogP contribution >= 0.6 is 11.6 Å². The zero-order valence-corrected chi connectivity index (χ0v) is 8.23. The first-order valence-corrected chi connectivity index (χ1v) is 4.40. The standard InChI is InChI=1S/C9H8ClN3O/c1-13-8(5-11-12-13)6-2-3-7(10)9(14)4-6/h2-5,14H,1H3. The van der Waals surface area contributed by atoms with Crippen molar-refractivity contribution in [3.63, 3.8) is 0 Å². The second-order valence-electron chi connectivity index (χ2n) is 2.91. The van der Waals surface area contributed by atoms with Crippen LogP contribution < -0.4 is 0 Å². The maximum Gasteiger partial charge on any atom is 0.134 e. The van der Waals surface area contributed by atoms with Crippen LogP contribution in [0.3, 0.4) is 0 Å². The van der Waals surface area contributed by atoms with Crippen molar-refractivity contribution < 1.29 is 5.11 Å². The van der Waals surface area contributed by atoms with Crippen molar-refractivity contribution in [2.45, 2.75) is 0 Å². The van der Waals surface area contributed by atoms with Gasteiger partial charge in [0, 0.05) is 12.6 Å². The molecule has 1 aromatic carbocycles. The predicted octanol–water partition coefficient (Wildman–Crippen LogP) is 1.84. The van der Waals surface area contributed by atoms with E-state index in [1.54, 1.807) is 36.1 Å². The van der Waals surface area contributed by atoms with Crippen LogP contribution in [0, 0.1) is 0 Å². The number of rotatable bonds is 1. The van der Waals surface area contributed by atoms with Crippen LogP contribution in [0.1, 0.15) is 0 Å². The first kappa shape index (κ1) is 9.02. The number of halogens is 1. The van der Waals surface area contributed by atoms with E-state index in [-0.39, 0.29) is 5.75 Å². The number of hydrogen-bond acceptors (Lipinski definition) is 3. The largest absolute Gasteiger partial charge is 0.506 e. The Kier molecular flexibility index (Phi) is 2.13. The van der Waals surface area contributed by atoms with Gasteiger partial charge in [0.1, 0.15) is 5.75 Å². The van der Waals surface area contributed by atoms with E-state index < -0.39 is 0 Å². The highest BCUT2D eigenvalue weighted by atomic mass is 35.5. The van der Waals surface area contributed by atoms with E-state index >= 15 is 0 Å². The number of aromatic nitrogens is 3. The maximum absolute atomic E-state index is 9.41. The van der Waals surface area contributed by atoms with Gasteiger partial charge in [-0.25, -0.2) is 4.68 Å². The fourth-order valence-corrected chi connectivity index (χ4v) is 1.34. The van der Waals surface area contributed by atoms with Crippen molar-refractivity contribution in [1.82, 2.24) is 15.0 Å². The molecule has 0 amide bonds. The molecule has 0 aliphatic carbocycles. The number of aryl methyl sites for hydroxylation is 1. The van der Waals surface area contributed by atoms with Crippen LogP contribution in [0.4, 0.5) is 0 Å². The molecule has 14 heavy (non-hydrogen) atoms. The van der Waals surface area contributed by atoms with Crippen molar-refractivity contribution >= 4 is 11.6 Å². The third-order valence-electron chi connectivity index (χ3n) is 1.96. The molecule has 0 fully saturated rings. The van der Waals surface area contributed by atoms with Gasteiger partial charge in [-0.15, -0.1) is 5.10 Å². The van der Waals surface area contributed by atoms with Crippen LogP contribution in [-0.4, -0.2) is 20.1 Å². The van der Waals surface area contributed by atoms with Gasteiger partial charge < -0.3 is 5.11 Å². The summed E-state index contributed by atoms with van der Waals surface area (Å²) in [5.41, 5.74) is 1.66. The van der Waals surface area contributed by atoms with Gasteiger partial charge in [0.25, 0.3) is 0 Å². The molecule has 2 rings (SSSR count). The molecule has 0 saturated heterocycles. The van der Waals surface area contributed by atoms with Crippen molar-refractivity contribution in [2.24, 2.45) is 7.05 Å². The lowest BCUT2D eigenvalue weighted by Crippen LogP contribution is -1.93. The van der Waals surface area contributed by atoms with E-state index in [2.05, 4.69) is 10.3 Å². The summed E-state index contributed by atoms with van der Waals surface area (Å²) in [5.74, 6) is 0.0605. The molecule has 2 aromatic rings. The highest BCUT2D eigenvalue weighted by Gasteiger charge is 2.05. The Bertz CT molecular complexity index is 467. The molecule has 0 unspecified atom stereocenters. The third-order valence-corrected chi connectivity index (χ3v) is 2.28. The van der Waals surface area contributed by atoms with Crippen LogP contribution in [-0.2, 0) is 7.05 Å². The number of phenols is 1. The van der Waals surface area contributed by atoms with E-state index in [1.165, 1.54) is 0 Å². The van der Waals surface area contributed by atoms with Gasteiger partial charge in [-0.1, -0.05) is 22.9 Å². The summed E-state index contributed by atoms with van der Waals surface area (Å²) >= 11 is 5.69. The number of hydrogen-bond donors (Lipinski definition) is 1. The second-order valence-corrected chi connectivity index (χ2v) is 3.32. The van der Waals surface area contributed by atoms with Crippen LogP contribution in [0.2, 0.25) is 5.02 Å². The first-order chi connectivity index (χ1) is 6.68. The van der Waals surface area contributed by atoms with Crippen molar-refractivity contribution in [2.75, 3.05) is 0 Å². The first-order valence-electron chi connectivity index (χ1n) is 4.02. The zero-order chi connectivity index (χ0) is 10.1. The second kappa shape index (κ2) is 3.31. The van der Waals surface area contributed by atoms with E-state index in [0.29, 0.717) is 5.02 Å². The monoisotopic (exact) mass is 209 g/mol. The van der Waals surface area contributed by atoms with Crippen LogP contribution in [0.5, 0.6) is 5.75 Å². The molecule has 0 aliphatic rings. The average molecular weight is 210 g/mol. The molecule has 72 valence electrons. The molecule has 0 atom stereocenters. The molecule has 0 spiro atoms. The summed E-state index contributed by atoms with van der Waals surface area (Å²) in [6, 6.07) is 5.03. The van der Waals surface area contributed by atoms with Crippen LogP contribution in [0.25, 0.3) is 11.3 Å². The molecule has 0 bridgehead atoms. The van der Waals surface area contributed by atoms with Gasteiger partial charge in [-0.3, -0.25) is 0 Å². The SMILES string of the molecule is Cn1nncc1-c1ccc(Cl)c(O)c1. The van der Waals surface area contributed by atoms with Crippen molar-refractivity contribution in [3.05, 3.63) is 29.4 Å². The summed E-state index contributed by atoms with van der Waals surface area (Å²) in [6.07, 6.45) is 1.63. The minimum Gasteiger partial charge on any atom is -0.506 e. The Balaban J connectivity index is 2.53. The Morgan fingerprint density at radius 1 is 1.43 bits per heavy atom. The highest BCUT2D eigenvalue weighted by molar-refractivity contribution is 6.32. The zero-order valence-electron chi connectivity index (χ0n) is 7.48. The van der Waals surface area contributed by atoms with E-state index in [9.17, 15) is 5.11 Å². The predicted molar refractivity (Wildman–Crippen MR) is 53.1 cm³/mol. The van der Waals surface area contributed by atoms with Crippen molar-refractivity contribution in [1.29, 1.82) is 0 Å². The molecule has 0 aliphatic heterocycles. The Morgan fingerprint density at radius 2 is 2.21 bits per heavy atom. The fourth-order valence-electron chi connectivity index (χ4n) is 1.22.